The summed E-state index contributed by atoms with van der Waals surface area (Å²) >= 11 is 0. The maximum Gasteiger partial charge on any atom is 0.227 e. The molecular weight excluding hydrogens is 358 g/mol. The van der Waals surface area contributed by atoms with Crippen LogP contribution in [0.1, 0.15) is 37.3 Å². The van der Waals surface area contributed by atoms with Gasteiger partial charge in [0.15, 0.2) is 5.72 Å². The lowest BCUT2D eigenvalue weighted by atomic mass is 10.0. The number of benzene rings is 1. The van der Waals surface area contributed by atoms with Crippen molar-refractivity contribution in [2.75, 3.05) is 13.2 Å². The molecule has 0 unspecified atom stereocenters. The third kappa shape index (κ3) is 2.63. The van der Waals surface area contributed by atoms with E-state index in [1.54, 1.807) is 11.0 Å². The Labute approximate surface area is 163 Å². The Kier molecular flexibility index (Phi) is 4.16. The highest BCUT2D eigenvalue weighted by Crippen LogP contribution is 2.51. The molecule has 1 aromatic heterocycles. The van der Waals surface area contributed by atoms with E-state index in [0.29, 0.717) is 45.4 Å². The van der Waals surface area contributed by atoms with Gasteiger partial charge in [0.25, 0.3) is 0 Å². The van der Waals surface area contributed by atoms with Gasteiger partial charge in [0.1, 0.15) is 12.7 Å². The Morgan fingerprint density at radius 3 is 2.93 bits per heavy atom. The number of aryl methyl sites for hydroxylation is 1. The number of likely N-dealkylation sites (tertiary alicyclic amines) is 1. The maximum atomic E-state index is 12.9. The number of ether oxygens (including phenoxy) is 1. The van der Waals surface area contributed by atoms with Gasteiger partial charge in [0, 0.05) is 25.9 Å². The standard InChI is InChI=1S/C20H23N5O3/c26-18(7-4-9-23-14-21-13-22-23)24-10-8-20-17(24)11-19(27)25(20)16(12-28-20)15-5-2-1-3-6-15/h1-3,5-6,13-14,16-17H,4,7-12H2/t16-,17+,20-/m0/s1. The molecular formula is C20H23N5O3. The lowest BCUT2D eigenvalue weighted by Crippen LogP contribution is -2.49. The summed E-state index contributed by atoms with van der Waals surface area (Å²) in [4.78, 5) is 33.4. The Morgan fingerprint density at radius 2 is 2.14 bits per heavy atom. The fourth-order valence-electron chi connectivity index (χ4n) is 4.95. The molecule has 4 heterocycles. The van der Waals surface area contributed by atoms with E-state index >= 15 is 0 Å². The van der Waals surface area contributed by atoms with Crippen molar-refractivity contribution in [1.82, 2.24) is 24.6 Å². The molecule has 0 bridgehead atoms. The smallest absolute Gasteiger partial charge is 0.227 e. The highest BCUT2D eigenvalue weighted by atomic mass is 16.5. The maximum absolute atomic E-state index is 12.9. The van der Waals surface area contributed by atoms with Crippen molar-refractivity contribution in [3.8, 4) is 0 Å². The molecule has 3 fully saturated rings. The van der Waals surface area contributed by atoms with Gasteiger partial charge >= 0.3 is 0 Å². The first-order valence-electron chi connectivity index (χ1n) is 9.82. The Hall–Kier alpha value is -2.74. The third-order valence-corrected chi connectivity index (χ3v) is 6.20. The zero-order valence-electron chi connectivity index (χ0n) is 15.6. The molecule has 3 aliphatic rings. The van der Waals surface area contributed by atoms with Gasteiger partial charge in [0.2, 0.25) is 11.8 Å². The molecule has 3 aliphatic heterocycles. The number of hydrogen-bond acceptors (Lipinski definition) is 5. The number of aromatic nitrogens is 3. The van der Waals surface area contributed by atoms with E-state index in [2.05, 4.69) is 10.1 Å². The van der Waals surface area contributed by atoms with Crippen molar-refractivity contribution in [1.29, 1.82) is 0 Å². The molecule has 1 spiro atoms. The van der Waals surface area contributed by atoms with E-state index in [-0.39, 0.29) is 23.9 Å². The molecule has 28 heavy (non-hydrogen) atoms. The number of hydrogen-bond donors (Lipinski definition) is 0. The van der Waals surface area contributed by atoms with E-state index in [1.165, 1.54) is 6.33 Å². The second-order valence-corrected chi connectivity index (χ2v) is 7.67. The van der Waals surface area contributed by atoms with Gasteiger partial charge in [-0.2, -0.15) is 5.10 Å². The van der Waals surface area contributed by atoms with E-state index in [0.717, 1.165) is 5.56 Å². The quantitative estimate of drug-likeness (QED) is 0.781. The van der Waals surface area contributed by atoms with Crippen LogP contribution in [0.5, 0.6) is 0 Å². The molecule has 1 aromatic carbocycles. The topological polar surface area (TPSA) is 80.6 Å². The van der Waals surface area contributed by atoms with Gasteiger partial charge < -0.3 is 14.5 Å². The molecule has 8 nitrogen and oxygen atoms in total. The SMILES string of the molecule is O=C(CCCn1cncn1)N1CC[C@@]23OC[C@@H](c4ccccc4)N2C(=O)C[C@@H]13. The van der Waals surface area contributed by atoms with Crippen LogP contribution >= 0.6 is 0 Å². The van der Waals surface area contributed by atoms with Crippen LogP contribution in [0, 0.1) is 0 Å². The van der Waals surface area contributed by atoms with Crippen molar-refractivity contribution >= 4 is 11.8 Å². The van der Waals surface area contributed by atoms with Crippen molar-refractivity contribution in [3.63, 3.8) is 0 Å². The summed E-state index contributed by atoms with van der Waals surface area (Å²) in [5.41, 5.74) is 0.435. The lowest BCUT2D eigenvalue weighted by Gasteiger charge is -2.33. The van der Waals surface area contributed by atoms with Crippen LogP contribution in [0.2, 0.25) is 0 Å². The van der Waals surface area contributed by atoms with Gasteiger partial charge in [-0.15, -0.1) is 0 Å². The van der Waals surface area contributed by atoms with Gasteiger partial charge in [-0.25, -0.2) is 4.98 Å². The van der Waals surface area contributed by atoms with E-state index in [9.17, 15) is 9.59 Å². The van der Waals surface area contributed by atoms with Gasteiger partial charge in [0.05, 0.1) is 25.1 Å². The highest BCUT2D eigenvalue weighted by molar-refractivity contribution is 5.85. The molecule has 146 valence electrons. The minimum Gasteiger partial charge on any atom is -0.351 e. The number of carbonyl (C=O) groups is 2. The van der Waals surface area contributed by atoms with Crippen LogP contribution in [0.3, 0.4) is 0 Å². The molecule has 2 amide bonds. The van der Waals surface area contributed by atoms with Crippen molar-refractivity contribution < 1.29 is 14.3 Å². The third-order valence-electron chi connectivity index (χ3n) is 6.20. The van der Waals surface area contributed by atoms with E-state index < -0.39 is 5.72 Å². The monoisotopic (exact) mass is 381 g/mol. The average Bonchev–Trinajstić information content (AvgIpc) is 3.46. The van der Waals surface area contributed by atoms with Crippen molar-refractivity contribution in [2.24, 2.45) is 0 Å². The summed E-state index contributed by atoms with van der Waals surface area (Å²) in [7, 11) is 0. The zero-order chi connectivity index (χ0) is 19.1. The predicted octanol–water partition coefficient (Wildman–Crippen LogP) is 1.36. The largest absolute Gasteiger partial charge is 0.351 e. The van der Waals surface area contributed by atoms with E-state index in [4.69, 9.17) is 4.74 Å². The fraction of sp³-hybridized carbons (Fsp3) is 0.500. The summed E-state index contributed by atoms with van der Waals surface area (Å²) in [6, 6.07) is 9.76. The van der Waals surface area contributed by atoms with E-state index in [1.807, 2.05) is 40.1 Å². The fourth-order valence-corrected chi connectivity index (χ4v) is 4.95. The van der Waals surface area contributed by atoms with Gasteiger partial charge in [-0.3, -0.25) is 14.3 Å². The average molecular weight is 381 g/mol. The summed E-state index contributed by atoms with van der Waals surface area (Å²) < 4.78 is 7.98. The van der Waals surface area contributed by atoms with Crippen LogP contribution < -0.4 is 0 Å². The van der Waals surface area contributed by atoms with Crippen molar-refractivity contribution in [3.05, 3.63) is 48.5 Å². The number of carbonyl (C=O) groups excluding carboxylic acids is 2. The van der Waals surface area contributed by atoms with Gasteiger partial charge in [-0.1, -0.05) is 30.3 Å². The zero-order valence-corrected chi connectivity index (χ0v) is 15.6. The molecule has 2 aromatic rings. The molecule has 3 atom stereocenters. The molecule has 8 heteroatoms. The summed E-state index contributed by atoms with van der Waals surface area (Å²) in [5, 5.41) is 4.06. The number of amides is 2. The predicted molar refractivity (Wildman–Crippen MR) is 98.7 cm³/mol. The van der Waals surface area contributed by atoms with Gasteiger partial charge in [-0.05, 0) is 12.0 Å². The molecule has 0 radical (unpaired) electrons. The Bertz CT molecular complexity index is 871. The number of nitrogens with zero attached hydrogens (tertiary/aromatic N) is 5. The molecule has 0 N–H and O–H groups in total. The molecule has 5 rings (SSSR count). The van der Waals surface area contributed by atoms with Crippen LogP contribution in [0.4, 0.5) is 0 Å². The number of rotatable bonds is 5. The van der Waals surface area contributed by atoms with Crippen LogP contribution in [0.15, 0.2) is 43.0 Å². The molecule has 0 saturated carbocycles. The minimum atomic E-state index is -0.654. The highest BCUT2D eigenvalue weighted by Gasteiger charge is 2.65. The summed E-state index contributed by atoms with van der Waals surface area (Å²) in [6.07, 6.45) is 5.30. The first-order chi connectivity index (χ1) is 13.7. The second kappa shape index (κ2) is 6.70. The summed E-state index contributed by atoms with van der Waals surface area (Å²) in [5.74, 6) is 0.167. The van der Waals surface area contributed by atoms with Crippen LogP contribution in [0.25, 0.3) is 0 Å². The molecule has 0 aliphatic carbocycles. The van der Waals surface area contributed by atoms with Crippen LogP contribution in [-0.2, 0) is 20.9 Å². The second-order valence-electron chi connectivity index (χ2n) is 7.67. The Morgan fingerprint density at radius 1 is 1.29 bits per heavy atom. The minimum absolute atomic E-state index is 0.0685. The summed E-state index contributed by atoms with van der Waals surface area (Å²) in [6.45, 7) is 1.78. The first-order valence-corrected chi connectivity index (χ1v) is 9.82. The first kappa shape index (κ1) is 17.4. The lowest BCUT2D eigenvalue weighted by molar-refractivity contribution is -0.141. The normalized spacial score (nSPS) is 28.6. The van der Waals surface area contributed by atoms with Crippen LogP contribution in [-0.4, -0.2) is 61.3 Å². The Balaban J connectivity index is 1.29. The van der Waals surface area contributed by atoms with Crippen molar-refractivity contribution in [2.45, 2.75) is 50.0 Å². The molecule has 3 saturated heterocycles.